The standard InChI is InChI=1S/C20H24N2O2S/c1-4-17-12(2)11-18(25-17)20(24)21-13(3)14-7-9-16(10-8-14)22-19(23)15-5-6-15/h7-11,13,15H,4-6H2,1-3H3,(H,21,24)(H,22,23). The van der Waals surface area contributed by atoms with Crippen LogP contribution >= 0.6 is 11.3 Å². The Balaban J connectivity index is 1.60. The van der Waals surface area contributed by atoms with Gasteiger partial charge < -0.3 is 10.6 Å². The molecule has 2 aromatic rings. The van der Waals surface area contributed by atoms with Crippen molar-refractivity contribution in [3.05, 3.63) is 51.2 Å². The molecule has 1 heterocycles. The highest BCUT2D eigenvalue weighted by Crippen LogP contribution is 2.30. The molecule has 132 valence electrons. The second-order valence-corrected chi connectivity index (χ2v) is 7.79. The fourth-order valence-corrected chi connectivity index (χ4v) is 3.80. The number of nitrogens with one attached hydrogen (secondary N) is 2. The molecule has 0 saturated heterocycles. The molecule has 3 rings (SSSR count). The number of carbonyl (C=O) groups is 2. The first-order valence-electron chi connectivity index (χ1n) is 8.79. The third kappa shape index (κ3) is 4.28. The maximum absolute atomic E-state index is 12.4. The van der Waals surface area contributed by atoms with Crippen LogP contribution in [0.3, 0.4) is 0 Å². The number of hydrogen-bond donors (Lipinski definition) is 2. The number of amides is 2. The summed E-state index contributed by atoms with van der Waals surface area (Å²) in [6.45, 7) is 6.12. The number of carbonyl (C=O) groups excluding carboxylic acids is 2. The number of aryl methyl sites for hydroxylation is 2. The topological polar surface area (TPSA) is 58.2 Å². The van der Waals surface area contributed by atoms with Gasteiger partial charge in [-0.25, -0.2) is 0 Å². The Morgan fingerprint density at radius 3 is 2.48 bits per heavy atom. The smallest absolute Gasteiger partial charge is 0.261 e. The summed E-state index contributed by atoms with van der Waals surface area (Å²) in [6.07, 6.45) is 2.94. The summed E-state index contributed by atoms with van der Waals surface area (Å²) >= 11 is 1.56. The van der Waals surface area contributed by atoms with Crippen molar-refractivity contribution >= 4 is 28.8 Å². The third-order valence-electron chi connectivity index (χ3n) is 4.54. The van der Waals surface area contributed by atoms with Crippen LogP contribution in [0.2, 0.25) is 0 Å². The summed E-state index contributed by atoms with van der Waals surface area (Å²) in [5, 5.41) is 5.98. The van der Waals surface area contributed by atoms with E-state index < -0.39 is 0 Å². The van der Waals surface area contributed by atoms with E-state index in [1.807, 2.05) is 44.2 Å². The second-order valence-electron chi connectivity index (χ2n) is 6.65. The first kappa shape index (κ1) is 17.7. The van der Waals surface area contributed by atoms with E-state index in [1.54, 1.807) is 11.3 Å². The molecule has 1 saturated carbocycles. The van der Waals surface area contributed by atoms with E-state index in [0.29, 0.717) is 0 Å². The van der Waals surface area contributed by atoms with Gasteiger partial charge in [0.25, 0.3) is 5.91 Å². The number of thiophene rings is 1. The molecule has 0 bridgehead atoms. The fourth-order valence-electron chi connectivity index (χ4n) is 2.78. The predicted molar refractivity (Wildman–Crippen MR) is 102 cm³/mol. The van der Waals surface area contributed by atoms with E-state index in [2.05, 4.69) is 17.6 Å². The van der Waals surface area contributed by atoms with Gasteiger partial charge in [0.2, 0.25) is 5.91 Å². The highest BCUT2D eigenvalue weighted by atomic mass is 32.1. The minimum Gasteiger partial charge on any atom is -0.345 e. The van der Waals surface area contributed by atoms with Crippen LogP contribution in [0.15, 0.2) is 30.3 Å². The lowest BCUT2D eigenvalue weighted by molar-refractivity contribution is -0.117. The fraction of sp³-hybridized carbons (Fsp3) is 0.400. The number of anilines is 1. The number of benzene rings is 1. The van der Waals surface area contributed by atoms with Crippen LogP contribution in [-0.2, 0) is 11.2 Å². The van der Waals surface area contributed by atoms with E-state index in [-0.39, 0.29) is 23.8 Å². The molecule has 1 unspecified atom stereocenters. The molecule has 0 spiro atoms. The molecular formula is C20H24N2O2S. The predicted octanol–water partition coefficient (Wildman–Crippen LogP) is 4.46. The van der Waals surface area contributed by atoms with E-state index in [9.17, 15) is 9.59 Å². The van der Waals surface area contributed by atoms with Crippen LogP contribution in [0.1, 0.15) is 58.4 Å². The van der Waals surface area contributed by atoms with Gasteiger partial charge in [0, 0.05) is 16.5 Å². The van der Waals surface area contributed by atoms with E-state index in [1.165, 1.54) is 10.4 Å². The summed E-state index contributed by atoms with van der Waals surface area (Å²) in [5.74, 6) is 0.264. The summed E-state index contributed by atoms with van der Waals surface area (Å²) in [5.41, 5.74) is 3.00. The monoisotopic (exact) mass is 356 g/mol. The van der Waals surface area contributed by atoms with Crippen molar-refractivity contribution in [2.75, 3.05) is 5.32 Å². The zero-order valence-corrected chi connectivity index (χ0v) is 15.7. The van der Waals surface area contributed by atoms with Crippen molar-refractivity contribution in [2.45, 2.75) is 46.1 Å². The van der Waals surface area contributed by atoms with Gasteiger partial charge in [0.15, 0.2) is 0 Å². The minimum atomic E-state index is -0.0897. The molecule has 2 amide bonds. The van der Waals surface area contributed by atoms with Crippen molar-refractivity contribution in [3.63, 3.8) is 0 Å². The first-order valence-corrected chi connectivity index (χ1v) is 9.60. The Kier molecular flexibility index (Phi) is 5.23. The molecule has 25 heavy (non-hydrogen) atoms. The highest BCUT2D eigenvalue weighted by molar-refractivity contribution is 7.14. The SMILES string of the molecule is CCc1sc(C(=O)NC(C)c2ccc(NC(=O)C3CC3)cc2)cc1C. The third-order valence-corrected chi connectivity index (χ3v) is 5.92. The zero-order chi connectivity index (χ0) is 18.0. The van der Waals surface area contributed by atoms with Crippen LogP contribution < -0.4 is 10.6 Å². The van der Waals surface area contributed by atoms with Gasteiger partial charge in [-0.05, 0) is 62.4 Å². The molecule has 1 fully saturated rings. The van der Waals surface area contributed by atoms with E-state index in [4.69, 9.17) is 0 Å². The molecule has 1 atom stereocenters. The van der Waals surface area contributed by atoms with Crippen molar-refractivity contribution in [1.29, 1.82) is 0 Å². The highest BCUT2D eigenvalue weighted by Gasteiger charge is 2.29. The Morgan fingerprint density at radius 1 is 1.24 bits per heavy atom. The molecule has 1 aliphatic rings. The molecule has 0 aliphatic heterocycles. The normalized spacial score (nSPS) is 14.8. The lowest BCUT2D eigenvalue weighted by Gasteiger charge is -2.14. The number of hydrogen-bond acceptors (Lipinski definition) is 3. The zero-order valence-electron chi connectivity index (χ0n) is 14.9. The Labute approximate surface area is 152 Å². The van der Waals surface area contributed by atoms with Gasteiger partial charge in [-0.3, -0.25) is 9.59 Å². The number of rotatable bonds is 6. The quantitative estimate of drug-likeness (QED) is 0.803. The van der Waals surface area contributed by atoms with Gasteiger partial charge >= 0.3 is 0 Å². The molecule has 1 aliphatic carbocycles. The van der Waals surface area contributed by atoms with E-state index >= 15 is 0 Å². The van der Waals surface area contributed by atoms with Crippen molar-refractivity contribution in [1.82, 2.24) is 5.32 Å². The lowest BCUT2D eigenvalue weighted by atomic mass is 10.1. The van der Waals surface area contributed by atoms with Crippen LogP contribution in [0.5, 0.6) is 0 Å². The second kappa shape index (κ2) is 7.40. The van der Waals surface area contributed by atoms with Gasteiger partial charge in [0.1, 0.15) is 0 Å². The first-order chi connectivity index (χ1) is 12.0. The summed E-state index contributed by atoms with van der Waals surface area (Å²) in [6, 6.07) is 9.55. The van der Waals surface area contributed by atoms with Gasteiger partial charge in [0.05, 0.1) is 10.9 Å². The largest absolute Gasteiger partial charge is 0.345 e. The lowest BCUT2D eigenvalue weighted by Crippen LogP contribution is -2.25. The minimum absolute atomic E-state index is 0.0357. The van der Waals surface area contributed by atoms with Crippen LogP contribution in [0, 0.1) is 12.8 Å². The molecule has 1 aromatic heterocycles. The molecule has 0 radical (unpaired) electrons. The average Bonchev–Trinajstić information content (AvgIpc) is 3.38. The van der Waals surface area contributed by atoms with Crippen molar-refractivity contribution in [2.24, 2.45) is 5.92 Å². The summed E-state index contributed by atoms with van der Waals surface area (Å²) < 4.78 is 0. The van der Waals surface area contributed by atoms with Crippen LogP contribution in [0.25, 0.3) is 0 Å². The van der Waals surface area contributed by atoms with Crippen molar-refractivity contribution in [3.8, 4) is 0 Å². The Bertz CT molecular complexity index is 775. The molecule has 2 N–H and O–H groups in total. The van der Waals surface area contributed by atoms with Gasteiger partial charge in [-0.15, -0.1) is 11.3 Å². The average molecular weight is 356 g/mol. The Morgan fingerprint density at radius 2 is 1.92 bits per heavy atom. The van der Waals surface area contributed by atoms with Crippen molar-refractivity contribution < 1.29 is 9.59 Å². The molecule has 4 nitrogen and oxygen atoms in total. The summed E-state index contributed by atoms with van der Waals surface area (Å²) in [7, 11) is 0. The Hall–Kier alpha value is -2.14. The summed E-state index contributed by atoms with van der Waals surface area (Å²) in [4.78, 5) is 26.2. The van der Waals surface area contributed by atoms with Crippen LogP contribution in [-0.4, -0.2) is 11.8 Å². The maximum Gasteiger partial charge on any atom is 0.261 e. The molecule has 5 heteroatoms. The molecule has 1 aromatic carbocycles. The van der Waals surface area contributed by atoms with Gasteiger partial charge in [-0.1, -0.05) is 19.1 Å². The van der Waals surface area contributed by atoms with Crippen LogP contribution in [0.4, 0.5) is 5.69 Å². The van der Waals surface area contributed by atoms with E-state index in [0.717, 1.165) is 35.4 Å². The molecular weight excluding hydrogens is 332 g/mol. The van der Waals surface area contributed by atoms with Gasteiger partial charge in [-0.2, -0.15) is 0 Å². The maximum atomic E-state index is 12.4.